The topological polar surface area (TPSA) is 56.1 Å². The number of aliphatic hydroxyl groups excluding tert-OH is 2. The van der Waals surface area contributed by atoms with Crippen LogP contribution in [0.1, 0.15) is 40.5 Å². The van der Waals surface area contributed by atoms with Crippen molar-refractivity contribution in [1.29, 1.82) is 0 Å². The summed E-state index contributed by atoms with van der Waals surface area (Å²) in [4.78, 5) is 6.02. The number of aliphatic imine (C=N–C) groups is 1. The van der Waals surface area contributed by atoms with Crippen molar-refractivity contribution >= 4 is 6.21 Å². The third-order valence-electron chi connectivity index (χ3n) is 2.82. The van der Waals surface area contributed by atoms with E-state index in [4.69, 9.17) is 0 Å². The summed E-state index contributed by atoms with van der Waals surface area (Å²) in [5.74, 6) is 0.365. The molecular formula is C12H22N2O2. The molecule has 0 radical (unpaired) electrons. The lowest BCUT2D eigenvalue weighted by atomic mass is 10.0. The molecule has 0 aromatic rings. The first-order valence-electron chi connectivity index (χ1n) is 5.91. The average Bonchev–Trinajstić information content (AvgIpc) is 2.20. The van der Waals surface area contributed by atoms with Gasteiger partial charge in [-0.1, -0.05) is 20.8 Å². The monoisotopic (exact) mass is 226 g/mol. The summed E-state index contributed by atoms with van der Waals surface area (Å²) in [5.41, 5.74) is 0. The van der Waals surface area contributed by atoms with Crippen molar-refractivity contribution in [2.45, 2.75) is 52.7 Å². The second kappa shape index (κ2) is 5.23. The maximum atomic E-state index is 9.89. The fourth-order valence-electron chi connectivity index (χ4n) is 2.16. The first-order valence-corrected chi connectivity index (χ1v) is 5.91. The molecular weight excluding hydrogens is 204 g/mol. The molecule has 2 atom stereocenters. The molecule has 0 fully saturated rings. The molecule has 92 valence electrons. The Kier molecular flexibility index (Phi) is 4.21. The van der Waals surface area contributed by atoms with Gasteiger partial charge in [0.1, 0.15) is 6.17 Å². The molecule has 0 amide bonds. The lowest BCUT2D eigenvalue weighted by molar-refractivity contribution is 0.0846. The molecule has 2 N–H and O–H groups in total. The lowest BCUT2D eigenvalue weighted by Crippen LogP contribution is -2.43. The Labute approximate surface area is 97.3 Å². The predicted molar refractivity (Wildman–Crippen MR) is 65.6 cm³/mol. The fourth-order valence-corrected chi connectivity index (χ4v) is 2.16. The number of aliphatic hydroxyl groups is 2. The summed E-state index contributed by atoms with van der Waals surface area (Å²) in [5, 5.41) is 19.4. The van der Waals surface area contributed by atoms with E-state index in [1.807, 2.05) is 13.8 Å². The molecule has 0 aliphatic carbocycles. The highest BCUT2D eigenvalue weighted by molar-refractivity contribution is 5.76. The highest BCUT2D eigenvalue weighted by Gasteiger charge is 2.29. The van der Waals surface area contributed by atoms with Crippen molar-refractivity contribution in [2.75, 3.05) is 0 Å². The van der Waals surface area contributed by atoms with Crippen LogP contribution in [0.3, 0.4) is 0 Å². The molecule has 0 aromatic heterocycles. The number of rotatable bonds is 4. The van der Waals surface area contributed by atoms with Gasteiger partial charge in [-0.05, 0) is 25.7 Å². The van der Waals surface area contributed by atoms with E-state index in [0.717, 1.165) is 12.8 Å². The van der Waals surface area contributed by atoms with Crippen LogP contribution in [0.25, 0.3) is 0 Å². The summed E-state index contributed by atoms with van der Waals surface area (Å²) in [6.07, 6.45) is 3.05. The molecule has 1 aliphatic rings. The van der Waals surface area contributed by atoms with E-state index in [1.54, 1.807) is 4.90 Å². The minimum Gasteiger partial charge on any atom is -0.502 e. The zero-order valence-electron chi connectivity index (χ0n) is 10.5. The molecule has 0 saturated carbocycles. The second-order valence-electron chi connectivity index (χ2n) is 4.76. The number of hydrogen-bond acceptors (Lipinski definition) is 4. The minimum absolute atomic E-state index is 0.0463. The van der Waals surface area contributed by atoms with Crippen molar-refractivity contribution in [1.82, 2.24) is 4.90 Å². The van der Waals surface area contributed by atoms with Crippen LogP contribution in [0, 0.1) is 5.92 Å². The Morgan fingerprint density at radius 1 is 1.38 bits per heavy atom. The van der Waals surface area contributed by atoms with Gasteiger partial charge in [-0.3, -0.25) is 4.99 Å². The highest BCUT2D eigenvalue weighted by atomic mass is 16.3. The van der Waals surface area contributed by atoms with Gasteiger partial charge in [0.15, 0.2) is 5.76 Å². The zero-order chi connectivity index (χ0) is 12.3. The number of allylic oxidation sites excluding steroid dienone is 1. The van der Waals surface area contributed by atoms with E-state index in [-0.39, 0.29) is 23.8 Å². The normalized spacial score (nSPS) is 23.1. The molecule has 0 bridgehead atoms. The number of nitrogens with zero attached hydrogens (tertiary/aromatic N) is 2. The summed E-state index contributed by atoms with van der Waals surface area (Å²) < 4.78 is 0. The van der Waals surface area contributed by atoms with Gasteiger partial charge in [0.05, 0.1) is 6.21 Å². The van der Waals surface area contributed by atoms with Gasteiger partial charge in [-0.2, -0.15) is 0 Å². The van der Waals surface area contributed by atoms with Gasteiger partial charge in [-0.25, -0.2) is 0 Å². The largest absolute Gasteiger partial charge is 0.502 e. The van der Waals surface area contributed by atoms with E-state index in [1.165, 1.54) is 6.21 Å². The van der Waals surface area contributed by atoms with Gasteiger partial charge < -0.3 is 15.1 Å². The summed E-state index contributed by atoms with van der Waals surface area (Å²) >= 11 is 0. The van der Waals surface area contributed by atoms with E-state index in [9.17, 15) is 10.2 Å². The molecule has 1 heterocycles. The molecule has 0 spiro atoms. The van der Waals surface area contributed by atoms with Gasteiger partial charge >= 0.3 is 0 Å². The van der Waals surface area contributed by atoms with E-state index in [2.05, 4.69) is 18.8 Å². The molecule has 4 nitrogen and oxygen atoms in total. The molecule has 4 heteroatoms. The molecule has 16 heavy (non-hydrogen) atoms. The SMILES string of the molecule is CCC1N=CC(O)=C(O)N1C(C)CC(C)C. The van der Waals surface area contributed by atoms with Crippen molar-refractivity contribution in [3.63, 3.8) is 0 Å². The quantitative estimate of drug-likeness (QED) is 0.775. The zero-order valence-corrected chi connectivity index (χ0v) is 10.5. The Bertz CT molecular complexity index is 297. The third kappa shape index (κ3) is 2.68. The third-order valence-corrected chi connectivity index (χ3v) is 2.82. The van der Waals surface area contributed by atoms with Gasteiger partial charge in [0.2, 0.25) is 5.88 Å². The Balaban J connectivity index is 2.85. The van der Waals surface area contributed by atoms with Crippen LogP contribution < -0.4 is 0 Å². The predicted octanol–water partition coefficient (Wildman–Crippen LogP) is 2.83. The van der Waals surface area contributed by atoms with Crippen LogP contribution in [0.15, 0.2) is 16.6 Å². The Morgan fingerprint density at radius 2 is 2.00 bits per heavy atom. The van der Waals surface area contributed by atoms with Crippen molar-refractivity contribution in [3.05, 3.63) is 11.6 Å². The first-order chi connectivity index (χ1) is 7.47. The van der Waals surface area contributed by atoms with Crippen molar-refractivity contribution < 1.29 is 10.2 Å². The first kappa shape index (κ1) is 12.9. The minimum atomic E-state index is -0.139. The molecule has 2 unspecified atom stereocenters. The molecule has 0 aromatic carbocycles. The van der Waals surface area contributed by atoms with Crippen LogP contribution in [-0.4, -0.2) is 33.5 Å². The second-order valence-corrected chi connectivity index (χ2v) is 4.76. The van der Waals surface area contributed by atoms with Crippen LogP contribution in [0.2, 0.25) is 0 Å². The smallest absolute Gasteiger partial charge is 0.234 e. The summed E-state index contributed by atoms with van der Waals surface area (Å²) in [6.45, 7) is 8.36. The van der Waals surface area contributed by atoms with Crippen LogP contribution >= 0.6 is 0 Å². The molecule has 0 saturated heterocycles. The van der Waals surface area contributed by atoms with Crippen LogP contribution in [-0.2, 0) is 0 Å². The maximum absolute atomic E-state index is 9.89. The van der Waals surface area contributed by atoms with Gasteiger partial charge in [-0.15, -0.1) is 0 Å². The van der Waals surface area contributed by atoms with Gasteiger partial charge in [0.25, 0.3) is 0 Å². The Morgan fingerprint density at radius 3 is 2.50 bits per heavy atom. The van der Waals surface area contributed by atoms with Crippen molar-refractivity contribution in [3.8, 4) is 0 Å². The van der Waals surface area contributed by atoms with E-state index in [0.29, 0.717) is 5.92 Å². The van der Waals surface area contributed by atoms with Crippen LogP contribution in [0.4, 0.5) is 0 Å². The van der Waals surface area contributed by atoms with Crippen LogP contribution in [0.5, 0.6) is 0 Å². The summed E-state index contributed by atoms with van der Waals surface area (Å²) in [7, 11) is 0. The van der Waals surface area contributed by atoms with E-state index >= 15 is 0 Å². The maximum Gasteiger partial charge on any atom is 0.234 e. The van der Waals surface area contributed by atoms with Crippen molar-refractivity contribution in [2.24, 2.45) is 10.9 Å². The highest BCUT2D eigenvalue weighted by Crippen LogP contribution is 2.24. The fraction of sp³-hybridized carbons (Fsp3) is 0.750. The molecule has 1 aliphatic heterocycles. The summed E-state index contributed by atoms with van der Waals surface area (Å²) in [6, 6.07) is 0.171. The standard InChI is InChI=1S/C12H22N2O2/c1-5-11-13-7-10(15)12(16)14(11)9(4)6-8(2)3/h7-9,11,15-16H,5-6H2,1-4H3. The lowest BCUT2D eigenvalue weighted by Gasteiger charge is -2.37. The van der Waals surface area contributed by atoms with Gasteiger partial charge in [0, 0.05) is 6.04 Å². The molecule has 1 rings (SSSR count). The average molecular weight is 226 g/mol. The van der Waals surface area contributed by atoms with E-state index < -0.39 is 0 Å². The number of hydrogen-bond donors (Lipinski definition) is 2. The Hall–Kier alpha value is -1.19.